The topological polar surface area (TPSA) is 66.5 Å². The molecule has 1 aromatic carbocycles. The molecule has 1 aliphatic rings. The molecule has 2 amide bonds. The van der Waals surface area contributed by atoms with Crippen molar-refractivity contribution in [3.05, 3.63) is 30.3 Å². The molecule has 6 heteroatoms. The first-order chi connectivity index (χ1) is 9.52. The minimum Gasteiger partial charge on any atom is -0.323 e. The molecule has 5 nitrogen and oxygen atoms in total. The van der Waals surface area contributed by atoms with Gasteiger partial charge in [-0.2, -0.15) is 0 Å². The van der Waals surface area contributed by atoms with Gasteiger partial charge in [-0.3, -0.25) is 13.8 Å². The van der Waals surface area contributed by atoms with Gasteiger partial charge in [0.05, 0.1) is 10.8 Å². The van der Waals surface area contributed by atoms with Crippen LogP contribution in [0.1, 0.15) is 20.3 Å². The van der Waals surface area contributed by atoms with Crippen LogP contribution in [0.4, 0.5) is 5.69 Å². The molecule has 1 heterocycles. The number of benzene rings is 1. The van der Waals surface area contributed by atoms with Crippen LogP contribution < -0.4 is 5.32 Å². The van der Waals surface area contributed by atoms with E-state index in [1.807, 2.05) is 18.2 Å². The smallest absolute Gasteiger partial charge is 0.263 e. The zero-order chi connectivity index (χ0) is 14.8. The number of nitrogens with zero attached hydrogens (tertiary/aromatic N) is 1. The van der Waals surface area contributed by atoms with E-state index in [-0.39, 0.29) is 11.8 Å². The van der Waals surface area contributed by atoms with Crippen molar-refractivity contribution in [3.8, 4) is 0 Å². The van der Waals surface area contributed by atoms with E-state index in [0.29, 0.717) is 24.4 Å². The fourth-order valence-electron chi connectivity index (χ4n) is 2.55. The second-order valence-corrected chi connectivity index (χ2v) is 6.45. The van der Waals surface area contributed by atoms with Gasteiger partial charge in [-0.05, 0) is 18.6 Å². The number of carbonyl (C=O) groups is 2. The number of carbonyl (C=O) groups excluding carboxylic acids is 2. The third-order valence-electron chi connectivity index (χ3n) is 3.56. The maximum absolute atomic E-state index is 12.6. The first kappa shape index (κ1) is 14.7. The van der Waals surface area contributed by atoms with Gasteiger partial charge in [0.25, 0.3) is 5.91 Å². The Morgan fingerprint density at radius 1 is 1.35 bits per heavy atom. The first-order valence-corrected chi connectivity index (χ1v) is 7.87. The van der Waals surface area contributed by atoms with Crippen molar-refractivity contribution in [2.45, 2.75) is 25.1 Å². The van der Waals surface area contributed by atoms with Gasteiger partial charge < -0.3 is 10.2 Å². The zero-order valence-electron chi connectivity index (χ0n) is 11.6. The van der Waals surface area contributed by atoms with Crippen LogP contribution in [0.15, 0.2) is 30.3 Å². The lowest BCUT2D eigenvalue weighted by Gasteiger charge is -2.34. The minimum absolute atomic E-state index is 0.221. The Morgan fingerprint density at radius 2 is 2.00 bits per heavy atom. The molecule has 0 bridgehead atoms. The van der Waals surface area contributed by atoms with Crippen molar-refractivity contribution in [1.29, 1.82) is 0 Å². The van der Waals surface area contributed by atoms with Crippen molar-refractivity contribution in [2.24, 2.45) is 0 Å². The molecule has 20 heavy (non-hydrogen) atoms. The van der Waals surface area contributed by atoms with E-state index < -0.39 is 15.7 Å². The van der Waals surface area contributed by atoms with Gasteiger partial charge in [0.15, 0.2) is 4.87 Å². The number of para-hydroxylation sites is 1. The second-order valence-electron chi connectivity index (χ2n) is 4.68. The lowest BCUT2D eigenvalue weighted by Crippen LogP contribution is -2.56. The Balaban J connectivity index is 2.32. The Labute approximate surface area is 120 Å². The van der Waals surface area contributed by atoms with Crippen molar-refractivity contribution in [1.82, 2.24) is 4.90 Å². The average Bonchev–Trinajstić information content (AvgIpc) is 2.78. The van der Waals surface area contributed by atoms with Crippen LogP contribution in [0.25, 0.3) is 0 Å². The standard InChI is InChI=1S/C14H18N2O3S/c1-3-14(16(11(2)17)9-10-20(14)19)13(18)15-12-7-5-4-6-8-12/h4-8H,3,9-10H2,1-2H3,(H,15,18)/t14-,20?/m0/s1. The molecule has 1 aliphatic heterocycles. The van der Waals surface area contributed by atoms with Gasteiger partial charge in [-0.1, -0.05) is 25.1 Å². The summed E-state index contributed by atoms with van der Waals surface area (Å²) in [5.74, 6) is -0.256. The second kappa shape index (κ2) is 5.75. The molecule has 1 saturated heterocycles. The highest BCUT2D eigenvalue weighted by molar-refractivity contribution is 7.87. The Bertz CT molecular complexity index is 547. The van der Waals surface area contributed by atoms with Crippen molar-refractivity contribution in [3.63, 3.8) is 0 Å². The zero-order valence-corrected chi connectivity index (χ0v) is 12.4. The summed E-state index contributed by atoms with van der Waals surface area (Å²) in [5, 5.41) is 2.76. The largest absolute Gasteiger partial charge is 0.323 e. The SMILES string of the molecule is CC[C@]1(C(=O)Nc2ccccc2)N(C(C)=O)CCS1=O. The number of nitrogens with one attached hydrogen (secondary N) is 1. The highest BCUT2D eigenvalue weighted by Crippen LogP contribution is 2.31. The van der Waals surface area contributed by atoms with E-state index in [0.717, 1.165) is 0 Å². The highest BCUT2D eigenvalue weighted by Gasteiger charge is 2.53. The summed E-state index contributed by atoms with van der Waals surface area (Å²) < 4.78 is 12.3. The Morgan fingerprint density at radius 3 is 2.55 bits per heavy atom. The van der Waals surface area contributed by atoms with Crippen LogP contribution in [-0.4, -0.2) is 38.1 Å². The fraction of sp³-hybridized carbons (Fsp3) is 0.429. The molecule has 0 saturated carbocycles. The average molecular weight is 294 g/mol. The monoisotopic (exact) mass is 294 g/mol. The maximum Gasteiger partial charge on any atom is 0.263 e. The third-order valence-corrected chi connectivity index (χ3v) is 5.56. The molecule has 1 aromatic rings. The number of anilines is 1. The van der Waals surface area contributed by atoms with E-state index in [2.05, 4.69) is 5.32 Å². The summed E-state index contributed by atoms with van der Waals surface area (Å²) in [6.45, 7) is 3.55. The lowest BCUT2D eigenvalue weighted by molar-refractivity contribution is -0.137. The Kier molecular flexibility index (Phi) is 4.23. The van der Waals surface area contributed by atoms with E-state index in [1.54, 1.807) is 19.1 Å². The normalized spacial score (nSPS) is 25.5. The molecule has 2 atom stereocenters. The molecular formula is C14H18N2O3S. The summed E-state index contributed by atoms with van der Waals surface area (Å²) >= 11 is 0. The number of rotatable bonds is 3. The molecule has 1 fully saturated rings. The van der Waals surface area contributed by atoms with Crippen molar-refractivity contribution < 1.29 is 13.8 Å². The van der Waals surface area contributed by atoms with E-state index in [9.17, 15) is 13.8 Å². The summed E-state index contributed by atoms with van der Waals surface area (Å²) in [4.78, 5) is 24.5. The van der Waals surface area contributed by atoms with Gasteiger partial charge in [-0.15, -0.1) is 0 Å². The van der Waals surface area contributed by atoms with E-state index in [1.165, 1.54) is 11.8 Å². The molecule has 0 radical (unpaired) electrons. The molecular weight excluding hydrogens is 276 g/mol. The number of amides is 2. The van der Waals surface area contributed by atoms with Gasteiger partial charge in [-0.25, -0.2) is 0 Å². The Hall–Kier alpha value is -1.69. The van der Waals surface area contributed by atoms with Crippen LogP contribution in [0.3, 0.4) is 0 Å². The lowest BCUT2D eigenvalue weighted by atomic mass is 10.1. The van der Waals surface area contributed by atoms with Crippen molar-refractivity contribution in [2.75, 3.05) is 17.6 Å². The van der Waals surface area contributed by atoms with Gasteiger partial charge in [0.1, 0.15) is 0 Å². The quantitative estimate of drug-likeness (QED) is 0.915. The highest BCUT2D eigenvalue weighted by atomic mass is 32.2. The van der Waals surface area contributed by atoms with E-state index >= 15 is 0 Å². The number of hydrogen-bond acceptors (Lipinski definition) is 3. The van der Waals surface area contributed by atoms with Gasteiger partial charge in [0.2, 0.25) is 5.91 Å². The van der Waals surface area contributed by atoms with Crippen molar-refractivity contribution >= 4 is 28.3 Å². The van der Waals surface area contributed by atoms with Crippen LogP contribution >= 0.6 is 0 Å². The van der Waals surface area contributed by atoms with Gasteiger partial charge >= 0.3 is 0 Å². The van der Waals surface area contributed by atoms with Crippen LogP contribution in [-0.2, 0) is 20.4 Å². The van der Waals surface area contributed by atoms with Crippen LogP contribution in [0.5, 0.6) is 0 Å². The molecule has 1 N–H and O–H groups in total. The summed E-state index contributed by atoms with van der Waals surface area (Å²) in [6, 6.07) is 8.99. The molecule has 2 rings (SSSR count). The van der Waals surface area contributed by atoms with Crippen LogP contribution in [0, 0.1) is 0 Å². The molecule has 108 valence electrons. The maximum atomic E-state index is 12.6. The summed E-state index contributed by atoms with van der Waals surface area (Å²) in [5.41, 5.74) is 0.637. The number of hydrogen-bond donors (Lipinski definition) is 1. The summed E-state index contributed by atoms with van der Waals surface area (Å²) in [7, 11) is -1.38. The molecule has 0 aliphatic carbocycles. The fourth-order valence-corrected chi connectivity index (χ4v) is 4.28. The predicted octanol–water partition coefficient (Wildman–Crippen LogP) is 1.34. The molecule has 0 aromatic heterocycles. The third kappa shape index (κ3) is 2.35. The summed E-state index contributed by atoms with van der Waals surface area (Å²) in [6.07, 6.45) is 0.331. The first-order valence-electron chi connectivity index (χ1n) is 6.55. The molecule has 1 unspecified atom stereocenters. The molecule has 0 spiro atoms. The van der Waals surface area contributed by atoms with E-state index in [4.69, 9.17) is 0 Å². The predicted molar refractivity (Wildman–Crippen MR) is 78.5 cm³/mol. The van der Waals surface area contributed by atoms with Crippen LogP contribution in [0.2, 0.25) is 0 Å². The minimum atomic E-state index is -1.38. The van der Waals surface area contributed by atoms with Gasteiger partial charge in [0, 0.05) is 24.9 Å².